The van der Waals surface area contributed by atoms with Crippen LogP contribution in [-0.2, 0) is 14.3 Å². The molecule has 0 unspecified atom stereocenters. The Morgan fingerprint density at radius 2 is 1.65 bits per heavy atom. The van der Waals surface area contributed by atoms with Crippen LogP contribution in [0.1, 0.15) is 30.1 Å². The van der Waals surface area contributed by atoms with Crippen LogP contribution in [0.2, 0.25) is 0 Å². The minimum atomic E-state index is -0.932. The average Bonchev–Trinajstić information content (AvgIpc) is 2.67. The molecular weight excluding hydrogens is 350 g/mol. The van der Waals surface area contributed by atoms with Crippen molar-refractivity contribution in [1.82, 2.24) is 0 Å². The number of nitrogens with one attached hydrogen (secondary N) is 1. The number of esters is 1. The number of carbonyl (C=O) groups is 3. The first kappa shape index (κ1) is 19.7. The molecule has 136 valence electrons. The Bertz CT molecular complexity index is 759. The zero-order valence-electron chi connectivity index (χ0n) is 14.7. The van der Waals surface area contributed by atoms with E-state index in [0.717, 1.165) is 4.90 Å². The summed E-state index contributed by atoms with van der Waals surface area (Å²) in [5, 5.41) is 2.66. The molecule has 1 atom stereocenters. The summed E-state index contributed by atoms with van der Waals surface area (Å²) >= 11 is 1.59. The van der Waals surface area contributed by atoms with Gasteiger partial charge in [-0.15, -0.1) is 11.8 Å². The van der Waals surface area contributed by atoms with E-state index < -0.39 is 18.0 Å². The first-order valence-corrected chi connectivity index (χ1v) is 9.44. The lowest BCUT2D eigenvalue weighted by Gasteiger charge is -2.13. The largest absolute Gasteiger partial charge is 0.453 e. The lowest BCUT2D eigenvalue weighted by atomic mass is 10.1. The zero-order chi connectivity index (χ0) is 18.9. The van der Waals surface area contributed by atoms with Crippen LogP contribution in [0.4, 0.5) is 5.69 Å². The first-order valence-electron chi connectivity index (χ1n) is 8.22. The van der Waals surface area contributed by atoms with E-state index in [1.54, 1.807) is 48.2 Å². The fourth-order valence-electron chi connectivity index (χ4n) is 2.21. The van der Waals surface area contributed by atoms with E-state index in [9.17, 15) is 14.4 Å². The molecule has 1 amide bonds. The van der Waals surface area contributed by atoms with Crippen molar-refractivity contribution in [3.63, 3.8) is 0 Å². The Morgan fingerprint density at radius 3 is 2.27 bits per heavy atom. The average molecular weight is 371 g/mol. The van der Waals surface area contributed by atoms with Crippen LogP contribution in [0.3, 0.4) is 0 Å². The molecule has 0 bridgehead atoms. The molecule has 1 N–H and O–H groups in total. The number of ether oxygens (including phenoxy) is 1. The van der Waals surface area contributed by atoms with Gasteiger partial charge in [0.25, 0.3) is 5.91 Å². The maximum atomic E-state index is 12.1. The lowest BCUT2D eigenvalue weighted by molar-refractivity contribution is -0.153. The Morgan fingerprint density at radius 1 is 1.00 bits per heavy atom. The van der Waals surface area contributed by atoms with Crippen molar-refractivity contribution in [2.45, 2.75) is 30.8 Å². The van der Waals surface area contributed by atoms with E-state index in [0.29, 0.717) is 11.3 Å². The molecule has 0 aliphatic rings. The third-order valence-electron chi connectivity index (χ3n) is 3.69. The van der Waals surface area contributed by atoms with Crippen molar-refractivity contribution in [3.8, 4) is 0 Å². The molecule has 0 saturated heterocycles. The fraction of sp³-hybridized carbons (Fsp3) is 0.250. The monoisotopic (exact) mass is 371 g/mol. The number of ketones is 1. The van der Waals surface area contributed by atoms with E-state index in [1.165, 1.54) is 6.92 Å². The maximum Gasteiger partial charge on any atom is 0.307 e. The van der Waals surface area contributed by atoms with Gasteiger partial charge in [0.15, 0.2) is 11.9 Å². The van der Waals surface area contributed by atoms with Crippen LogP contribution in [0.25, 0.3) is 0 Å². The Labute approximate surface area is 157 Å². The van der Waals surface area contributed by atoms with Gasteiger partial charge in [-0.05, 0) is 37.4 Å². The second-order valence-corrected chi connectivity index (χ2v) is 6.52. The van der Waals surface area contributed by atoms with Crippen LogP contribution in [0, 0.1) is 0 Å². The first-order chi connectivity index (χ1) is 12.5. The van der Waals surface area contributed by atoms with Gasteiger partial charge < -0.3 is 10.1 Å². The highest BCUT2D eigenvalue weighted by atomic mass is 32.2. The molecule has 2 aromatic rings. The van der Waals surface area contributed by atoms with Crippen LogP contribution in [0.5, 0.6) is 0 Å². The van der Waals surface area contributed by atoms with E-state index >= 15 is 0 Å². The summed E-state index contributed by atoms with van der Waals surface area (Å²) in [6.45, 7) is 1.50. The minimum Gasteiger partial charge on any atom is -0.453 e. The van der Waals surface area contributed by atoms with Gasteiger partial charge in [-0.1, -0.05) is 30.3 Å². The van der Waals surface area contributed by atoms with Gasteiger partial charge in [-0.2, -0.15) is 0 Å². The Balaban J connectivity index is 1.78. The van der Waals surface area contributed by atoms with Gasteiger partial charge in [0.2, 0.25) is 0 Å². The van der Waals surface area contributed by atoms with Gasteiger partial charge in [0.05, 0.1) is 6.42 Å². The third kappa shape index (κ3) is 6.04. The van der Waals surface area contributed by atoms with Crippen LogP contribution < -0.4 is 5.32 Å². The lowest BCUT2D eigenvalue weighted by Crippen LogP contribution is -2.30. The molecule has 2 aromatic carbocycles. The van der Waals surface area contributed by atoms with Gasteiger partial charge >= 0.3 is 5.97 Å². The van der Waals surface area contributed by atoms with Crippen molar-refractivity contribution in [3.05, 3.63) is 60.2 Å². The Hall–Kier alpha value is -2.60. The predicted octanol–water partition coefficient (Wildman–Crippen LogP) is 3.94. The standard InChI is InChI=1S/C20H21NO4S/c1-14(20(24)21-16-6-4-3-5-7-16)25-19(23)13-12-18(22)15-8-10-17(26-2)11-9-15/h3-11,14H,12-13H2,1-2H3,(H,21,24)/t14-/m1/s1. The summed E-state index contributed by atoms with van der Waals surface area (Å²) in [7, 11) is 0. The van der Waals surface area contributed by atoms with Gasteiger partial charge in [-0.3, -0.25) is 14.4 Å². The summed E-state index contributed by atoms with van der Waals surface area (Å²) in [6, 6.07) is 16.1. The number of anilines is 1. The predicted molar refractivity (Wildman–Crippen MR) is 102 cm³/mol. The molecule has 0 saturated carbocycles. The van der Waals surface area contributed by atoms with E-state index in [2.05, 4.69) is 5.32 Å². The number of rotatable bonds is 8. The second kappa shape index (κ2) is 9.77. The SMILES string of the molecule is CSc1ccc(C(=O)CCC(=O)O[C@H](C)C(=O)Nc2ccccc2)cc1. The summed E-state index contributed by atoms with van der Waals surface area (Å²) in [6.07, 6.45) is 1.01. The highest BCUT2D eigenvalue weighted by Crippen LogP contribution is 2.16. The fourth-order valence-corrected chi connectivity index (χ4v) is 2.62. The molecule has 0 aliphatic carbocycles. The van der Waals surface area contributed by atoms with Crippen molar-refractivity contribution in [1.29, 1.82) is 0 Å². The summed E-state index contributed by atoms with van der Waals surface area (Å²) in [5.41, 5.74) is 1.19. The number of amides is 1. The van der Waals surface area contributed by atoms with Crippen molar-refractivity contribution in [2.75, 3.05) is 11.6 Å². The molecule has 0 aliphatic heterocycles. The molecule has 0 spiro atoms. The number of benzene rings is 2. The zero-order valence-corrected chi connectivity index (χ0v) is 15.5. The topological polar surface area (TPSA) is 72.5 Å². The van der Waals surface area contributed by atoms with Crippen LogP contribution in [0.15, 0.2) is 59.5 Å². The van der Waals surface area contributed by atoms with Gasteiger partial charge in [0, 0.05) is 22.6 Å². The summed E-state index contributed by atoms with van der Waals surface area (Å²) in [4.78, 5) is 37.1. The summed E-state index contributed by atoms with van der Waals surface area (Å²) in [5.74, 6) is -1.12. The van der Waals surface area contributed by atoms with E-state index in [1.807, 2.05) is 24.5 Å². The number of para-hydroxylation sites is 1. The van der Waals surface area contributed by atoms with E-state index in [4.69, 9.17) is 4.74 Å². The normalized spacial score (nSPS) is 11.5. The van der Waals surface area contributed by atoms with Crippen molar-refractivity contribution < 1.29 is 19.1 Å². The second-order valence-electron chi connectivity index (χ2n) is 5.64. The number of carbonyl (C=O) groups excluding carboxylic acids is 3. The third-order valence-corrected chi connectivity index (χ3v) is 4.43. The highest BCUT2D eigenvalue weighted by Gasteiger charge is 2.18. The molecule has 5 nitrogen and oxygen atoms in total. The molecule has 6 heteroatoms. The van der Waals surface area contributed by atoms with Crippen LogP contribution in [-0.4, -0.2) is 30.0 Å². The molecule has 2 rings (SSSR count). The van der Waals surface area contributed by atoms with Crippen LogP contribution >= 0.6 is 11.8 Å². The Kier molecular flexibility index (Phi) is 7.41. The molecular formula is C20H21NO4S. The number of hydrogen-bond donors (Lipinski definition) is 1. The molecule has 0 fully saturated rings. The number of thioether (sulfide) groups is 1. The molecule has 26 heavy (non-hydrogen) atoms. The molecule has 0 radical (unpaired) electrons. The summed E-state index contributed by atoms with van der Waals surface area (Å²) < 4.78 is 5.10. The van der Waals surface area contributed by atoms with Crippen molar-refractivity contribution in [2.24, 2.45) is 0 Å². The molecule has 0 heterocycles. The van der Waals surface area contributed by atoms with Gasteiger partial charge in [-0.25, -0.2) is 0 Å². The highest BCUT2D eigenvalue weighted by molar-refractivity contribution is 7.98. The smallest absolute Gasteiger partial charge is 0.307 e. The number of Topliss-reactive ketones (excluding diaryl/α,β-unsaturated/α-hetero) is 1. The minimum absolute atomic E-state index is 0.0461. The number of hydrogen-bond acceptors (Lipinski definition) is 5. The van der Waals surface area contributed by atoms with Gasteiger partial charge in [0.1, 0.15) is 0 Å². The molecule has 0 aromatic heterocycles. The van der Waals surface area contributed by atoms with E-state index in [-0.39, 0.29) is 18.6 Å². The quantitative estimate of drug-likeness (QED) is 0.432. The maximum absolute atomic E-state index is 12.1. The van der Waals surface area contributed by atoms with Crippen molar-refractivity contribution >= 4 is 35.1 Å².